The van der Waals surface area contributed by atoms with Crippen LogP contribution in [0.2, 0.25) is 0 Å². The van der Waals surface area contributed by atoms with Crippen molar-refractivity contribution in [2.75, 3.05) is 13.1 Å². The molecule has 22 heavy (non-hydrogen) atoms. The third kappa shape index (κ3) is 5.55. The molecule has 0 spiro atoms. The molecule has 3 N–H and O–H groups in total. The van der Waals surface area contributed by atoms with Crippen LogP contribution in [0.3, 0.4) is 0 Å². The highest BCUT2D eigenvalue weighted by Gasteiger charge is 2.23. The van der Waals surface area contributed by atoms with E-state index < -0.39 is 23.2 Å². The smallest absolute Gasteiger partial charge is 0.312 e. The molecule has 0 aliphatic heterocycles. The van der Waals surface area contributed by atoms with Crippen molar-refractivity contribution in [2.24, 2.45) is 5.41 Å². The van der Waals surface area contributed by atoms with E-state index in [1.54, 1.807) is 51.1 Å². The predicted octanol–water partition coefficient (Wildman–Crippen LogP) is 1.13. The lowest BCUT2D eigenvalue weighted by Crippen LogP contribution is -2.43. The highest BCUT2D eigenvalue weighted by atomic mass is 16.4. The molecule has 0 heterocycles. The summed E-state index contributed by atoms with van der Waals surface area (Å²) in [5, 5.41) is 14.3. The van der Waals surface area contributed by atoms with Crippen molar-refractivity contribution < 1.29 is 19.5 Å². The number of carbonyl (C=O) groups excluding carboxylic acids is 2. The monoisotopic (exact) mass is 306 g/mol. The Morgan fingerprint density at radius 1 is 1.09 bits per heavy atom. The summed E-state index contributed by atoms with van der Waals surface area (Å²) in [6, 6.07) is 8.69. The molecule has 6 nitrogen and oxygen atoms in total. The highest BCUT2D eigenvalue weighted by molar-refractivity contribution is 5.87. The van der Waals surface area contributed by atoms with Crippen LogP contribution < -0.4 is 10.6 Å². The first-order chi connectivity index (χ1) is 10.2. The Balaban J connectivity index is 2.51. The van der Waals surface area contributed by atoms with Gasteiger partial charge in [-0.25, -0.2) is 0 Å². The summed E-state index contributed by atoms with van der Waals surface area (Å²) in [5.41, 5.74) is 0.0440. The van der Waals surface area contributed by atoms with Crippen LogP contribution in [0, 0.1) is 5.41 Å². The summed E-state index contributed by atoms with van der Waals surface area (Å²) in [6.07, 6.45) is 0. The van der Waals surface area contributed by atoms with Gasteiger partial charge in [-0.05, 0) is 5.56 Å². The lowest BCUT2D eigenvalue weighted by molar-refractivity contribution is -0.139. The Morgan fingerprint density at radius 2 is 1.68 bits per heavy atom. The van der Waals surface area contributed by atoms with E-state index in [1.807, 2.05) is 0 Å². The van der Waals surface area contributed by atoms with Crippen molar-refractivity contribution in [1.82, 2.24) is 10.6 Å². The fraction of sp³-hybridized carbons (Fsp3) is 0.438. The van der Waals surface area contributed by atoms with E-state index in [-0.39, 0.29) is 19.0 Å². The van der Waals surface area contributed by atoms with Gasteiger partial charge in [-0.1, -0.05) is 51.1 Å². The summed E-state index contributed by atoms with van der Waals surface area (Å²) in [7, 11) is 0. The van der Waals surface area contributed by atoms with Gasteiger partial charge in [0.25, 0.3) is 0 Å². The Hall–Kier alpha value is -2.37. The van der Waals surface area contributed by atoms with Gasteiger partial charge in [-0.3, -0.25) is 14.4 Å². The maximum Gasteiger partial charge on any atom is 0.312 e. The Kier molecular flexibility index (Phi) is 6.10. The second-order valence-corrected chi connectivity index (χ2v) is 6.04. The number of hydrogen-bond acceptors (Lipinski definition) is 3. The molecular weight excluding hydrogens is 284 g/mol. The van der Waals surface area contributed by atoms with Gasteiger partial charge in [0.15, 0.2) is 0 Å². The minimum absolute atomic E-state index is 0.0242. The average molecular weight is 306 g/mol. The summed E-state index contributed by atoms with van der Waals surface area (Å²) in [4.78, 5) is 34.7. The highest BCUT2D eigenvalue weighted by Crippen LogP contribution is 2.14. The van der Waals surface area contributed by atoms with Crippen LogP contribution in [0.25, 0.3) is 0 Å². The van der Waals surface area contributed by atoms with Crippen molar-refractivity contribution in [3.8, 4) is 0 Å². The molecule has 0 aromatic heterocycles. The van der Waals surface area contributed by atoms with Crippen LogP contribution in [0.5, 0.6) is 0 Å². The number of carbonyl (C=O) groups is 3. The second kappa shape index (κ2) is 7.59. The number of benzene rings is 1. The number of carboxylic acid groups (broad SMARTS) is 1. The molecule has 0 saturated carbocycles. The molecule has 120 valence electrons. The van der Waals surface area contributed by atoms with E-state index in [0.717, 1.165) is 0 Å². The number of rotatable bonds is 6. The van der Waals surface area contributed by atoms with Crippen LogP contribution in [0.15, 0.2) is 30.3 Å². The van der Waals surface area contributed by atoms with Gasteiger partial charge >= 0.3 is 5.97 Å². The molecule has 0 fully saturated rings. The maximum absolute atomic E-state index is 11.7. The van der Waals surface area contributed by atoms with E-state index in [2.05, 4.69) is 10.6 Å². The zero-order valence-electron chi connectivity index (χ0n) is 13.1. The molecule has 1 rings (SSSR count). The molecular formula is C16H22N2O4. The normalized spacial score (nSPS) is 12.3. The van der Waals surface area contributed by atoms with Crippen LogP contribution in [0.4, 0.5) is 0 Å². The molecule has 2 amide bonds. The number of amides is 2. The van der Waals surface area contributed by atoms with Crippen molar-refractivity contribution in [1.29, 1.82) is 0 Å². The molecule has 0 bridgehead atoms. The molecule has 6 heteroatoms. The second-order valence-electron chi connectivity index (χ2n) is 6.04. The van der Waals surface area contributed by atoms with Crippen molar-refractivity contribution >= 4 is 17.8 Å². The molecule has 0 saturated heterocycles. The number of carboxylic acids is 1. The van der Waals surface area contributed by atoms with Gasteiger partial charge in [0.1, 0.15) is 0 Å². The van der Waals surface area contributed by atoms with E-state index in [9.17, 15) is 19.5 Å². The first kappa shape index (κ1) is 17.7. The Morgan fingerprint density at radius 3 is 2.18 bits per heavy atom. The van der Waals surface area contributed by atoms with Crippen LogP contribution >= 0.6 is 0 Å². The van der Waals surface area contributed by atoms with Gasteiger partial charge in [0.05, 0.1) is 12.5 Å². The van der Waals surface area contributed by atoms with Gasteiger partial charge in [-0.2, -0.15) is 0 Å². The minimum Gasteiger partial charge on any atom is -0.481 e. The quantitative estimate of drug-likeness (QED) is 0.734. The molecule has 1 aromatic rings. The average Bonchev–Trinajstić information content (AvgIpc) is 2.44. The largest absolute Gasteiger partial charge is 0.481 e. The fourth-order valence-corrected chi connectivity index (χ4v) is 1.74. The first-order valence-corrected chi connectivity index (χ1v) is 7.04. The molecule has 0 radical (unpaired) electrons. The zero-order chi connectivity index (χ0) is 16.8. The summed E-state index contributed by atoms with van der Waals surface area (Å²) in [6.45, 7) is 5.04. The molecule has 0 aliphatic carbocycles. The third-order valence-corrected chi connectivity index (χ3v) is 3.09. The van der Waals surface area contributed by atoms with Crippen molar-refractivity contribution in [3.63, 3.8) is 0 Å². The van der Waals surface area contributed by atoms with Gasteiger partial charge in [-0.15, -0.1) is 0 Å². The topological polar surface area (TPSA) is 95.5 Å². The molecule has 1 atom stereocenters. The SMILES string of the molecule is CC(C)(C)C(=O)NCC(=O)NCC(C(=O)O)c1ccccc1. The van der Waals surface area contributed by atoms with E-state index in [0.29, 0.717) is 5.56 Å². The number of hydrogen-bond donors (Lipinski definition) is 3. The van der Waals surface area contributed by atoms with Gasteiger partial charge < -0.3 is 15.7 Å². The van der Waals surface area contributed by atoms with Crippen molar-refractivity contribution in [2.45, 2.75) is 26.7 Å². The van der Waals surface area contributed by atoms with E-state index in [4.69, 9.17) is 0 Å². The van der Waals surface area contributed by atoms with Crippen LogP contribution in [-0.2, 0) is 14.4 Å². The molecule has 1 unspecified atom stereocenters. The summed E-state index contributed by atoms with van der Waals surface area (Å²) in [5.74, 6) is -2.48. The standard InChI is InChI=1S/C16H22N2O4/c1-16(2,3)15(22)18-10-13(19)17-9-12(14(20)21)11-7-5-4-6-8-11/h4-8,12H,9-10H2,1-3H3,(H,17,19)(H,18,22)(H,20,21). The lowest BCUT2D eigenvalue weighted by atomic mass is 9.96. The summed E-state index contributed by atoms with van der Waals surface area (Å²) < 4.78 is 0. The van der Waals surface area contributed by atoms with E-state index >= 15 is 0 Å². The van der Waals surface area contributed by atoms with Crippen LogP contribution in [-0.4, -0.2) is 36.0 Å². The Labute approximate surface area is 129 Å². The van der Waals surface area contributed by atoms with E-state index in [1.165, 1.54) is 0 Å². The molecule has 0 aliphatic rings. The van der Waals surface area contributed by atoms with Gasteiger partial charge in [0.2, 0.25) is 11.8 Å². The fourth-order valence-electron chi connectivity index (χ4n) is 1.74. The predicted molar refractivity (Wildman–Crippen MR) is 82.3 cm³/mol. The first-order valence-electron chi connectivity index (χ1n) is 7.04. The lowest BCUT2D eigenvalue weighted by Gasteiger charge is -2.18. The number of nitrogens with one attached hydrogen (secondary N) is 2. The maximum atomic E-state index is 11.7. The van der Waals surface area contributed by atoms with Crippen molar-refractivity contribution in [3.05, 3.63) is 35.9 Å². The summed E-state index contributed by atoms with van der Waals surface area (Å²) >= 11 is 0. The zero-order valence-corrected chi connectivity index (χ0v) is 13.1. The Bertz CT molecular complexity index is 535. The minimum atomic E-state index is -1.01. The third-order valence-electron chi connectivity index (χ3n) is 3.09. The number of aliphatic carboxylic acids is 1. The van der Waals surface area contributed by atoms with Gasteiger partial charge in [0, 0.05) is 12.0 Å². The van der Waals surface area contributed by atoms with Crippen LogP contribution in [0.1, 0.15) is 32.3 Å². The molecule has 1 aromatic carbocycles.